The quantitative estimate of drug-likeness (QED) is 0.562. The molecule has 21 heavy (non-hydrogen) atoms. The maximum atomic E-state index is 13.0. The molecule has 1 heterocycles. The average molecular weight is 357 g/mol. The van der Waals surface area contributed by atoms with Crippen molar-refractivity contribution < 1.29 is 4.79 Å². The number of rotatable bonds is 4. The van der Waals surface area contributed by atoms with Crippen molar-refractivity contribution in [2.75, 3.05) is 0 Å². The molecule has 0 fully saturated rings. The highest BCUT2D eigenvalue weighted by Gasteiger charge is 2.25. The van der Waals surface area contributed by atoms with Crippen LogP contribution in [-0.2, 0) is 0 Å². The zero-order chi connectivity index (χ0) is 14.7. The second-order valence-corrected chi connectivity index (χ2v) is 6.35. The first-order valence-corrected chi connectivity index (χ1v) is 8.37. The Hall–Kier alpha value is -1.71. The van der Waals surface area contributed by atoms with E-state index in [0.717, 1.165) is 21.2 Å². The van der Waals surface area contributed by atoms with E-state index in [0.29, 0.717) is 0 Å². The molecule has 0 saturated heterocycles. The first kappa shape index (κ1) is 14.2. The molecule has 0 aliphatic carbocycles. The number of benzene rings is 2. The summed E-state index contributed by atoms with van der Waals surface area (Å²) in [6, 6.07) is 19.9. The summed E-state index contributed by atoms with van der Waals surface area (Å²) in [5.41, 5.74) is 2.79. The number of thiophene rings is 1. The Kier molecular flexibility index (Phi) is 4.32. The van der Waals surface area contributed by atoms with Crippen LogP contribution in [-0.4, -0.2) is 5.78 Å². The number of halogens is 1. The van der Waals surface area contributed by atoms with Crippen LogP contribution < -0.4 is 0 Å². The monoisotopic (exact) mass is 356 g/mol. The van der Waals surface area contributed by atoms with E-state index in [1.54, 1.807) is 0 Å². The van der Waals surface area contributed by atoms with Gasteiger partial charge in [-0.15, -0.1) is 0 Å². The van der Waals surface area contributed by atoms with Gasteiger partial charge in [-0.25, -0.2) is 0 Å². The second kappa shape index (κ2) is 6.37. The number of hydrogen-bond donors (Lipinski definition) is 0. The average Bonchev–Trinajstić information content (AvgIpc) is 2.96. The Morgan fingerprint density at radius 2 is 1.38 bits per heavy atom. The van der Waals surface area contributed by atoms with Crippen LogP contribution in [0.25, 0.3) is 0 Å². The second-order valence-electron chi connectivity index (χ2n) is 4.75. The van der Waals surface area contributed by atoms with Crippen molar-refractivity contribution in [1.82, 2.24) is 0 Å². The van der Waals surface area contributed by atoms with Gasteiger partial charge in [0.1, 0.15) is 0 Å². The van der Waals surface area contributed by atoms with Crippen LogP contribution in [0.2, 0.25) is 0 Å². The predicted octanol–water partition coefficient (Wildman–Crippen LogP) is 5.53. The Bertz CT molecular complexity index is 695. The summed E-state index contributed by atoms with van der Waals surface area (Å²) in [7, 11) is 0. The maximum Gasteiger partial charge on any atom is 0.176 e. The summed E-state index contributed by atoms with van der Waals surface area (Å²) in [6.07, 6.45) is 0. The SMILES string of the molecule is O=C(c1cscc1Br)C(c1ccccc1)c1ccccc1. The lowest BCUT2D eigenvalue weighted by Crippen LogP contribution is -2.14. The van der Waals surface area contributed by atoms with E-state index in [1.165, 1.54) is 11.3 Å². The van der Waals surface area contributed by atoms with Gasteiger partial charge in [0.05, 0.1) is 5.92 Å². The third-order valence-electron chi connectivity index (χ3n) is 3.41. The van der Waals surface area contributed by atoms with Gasteiger partial charge in [-0.2, -0.15) is 11.3 Å². The standard InChI is InChI=1S/C18H13BrOS/c19-16-12-21-11-15(16)18(20)17(13-7-3-1-4-8-13)14-9-5-2-6-10-14/h1-12,17H. The lowest BCUT2D eigenvalue weighted by Gasteiger charge is -2.16. The fourth-order valence-corrected chi connectivity index (χ4v) is 3.88. The molecule has 2 aromatic carbocycles. The van der Waals surface area contributed by atoms with E-state index >= 15 is 0 Å². The highest BCUT2D eigenvalue weighted by atomic mass is 79.9. The molecule has 104 valence electrons. The molecular weight excluding hydrogens is 344 g/mol. The Labute approximate surface area is 136 Å². The summed E-state index contributed by atoms with van der Waals surface area (Å²) < 4.78 is 0.870. The Balaban J connectivity index is 2.09. The molecule has 0 aliphatic rings. The fourth-order valence-electron chi connectivity index (χ4n) is 2.40. The van der Waals surface area contributed by atoms with E-state index in [4.69, 9.17) is 0 Å². The van der Waals surface area contributed by atoms with Crippen molar-refractivity contribution in [3.63, 3.8) is 0 Å². The zero-order valence-electron chi connectivity index (χ0n) is 11.2. The number of ketones is 1. The molecule has 0 spiro atoms. The number of carbonyl (C=O) groups is 1. The Morgan fingerprint density at radius 3 is 1.81 bits per heavy atom. The van der Waals surface area contributed by atoms with Crippen molar-refractivity contribution in [2.24, 2.45) is 0 Å². The van der Waals surface area contributed by atoms with Gasteiger partial charge in [-0.3, -0.25) is 4.79 Å². The summed E-state index contributed by atoms with van der Waals surface area (Å²) in [6.45, 7) is 0. The Morgan fingerprint density at radius 1 is 0.857 bits per heavy atom. The van der Waals surface area contributed by atoms with Crippen molar-refractivity contribution in [2.45, 2.75) is 5.92 Å². The van der Waals surface area contributed by atoms with Crippen molar-refractivity contribution in [3.05, 3.63) is 92.6 Å². The van der Waals surface area contributed by atoms with Crippen LogP contribution in [0.1, 0.15) is 27.4 Å². The minimum Gasteiger partial charge on any atom is -0.293 e. The summed E-state index contributed by atoms with van der Waals surface area (Å²) in [5, 5.41) is 3.85. The molecule has 0 saturated carbocycles. The van der Waals surface area contributed by atoms with Crippen molar-refractivity contribution >= 4 is 33.0 Å². The molecule has 0 atom stereocenters. The van der Waals surface area contributed by atoms with Crippen molar-refractivity contribution in [3.8, 4) is 0 Å². The van der Waals surface area contributed by atoms with Gasteiger partial charge in [0.25, 0.3) is 0 Å². The number of hydrogen-bond acceptors (Lipinski definition) is 2. The van der Waals surface area contributed by atoms with Gasteiger partial charge in [0.15, 0.2) is 5.78 Å². The topological polar surface area (TPSA) is 17.1 Å². The predicted molar refractivity (Wildman–Crippen MR) is 91.1 cm³/mol. The third kappa shape index (κ3) is 2.99. The van der Waals surface area contributed by atoms with Gasteiger partial charge < -0.3 is 0 Å². The van der Waals surface area contributed by atoms with E-state index in [-0.39, 0.29) is 11.7 Å². The molecule has 0 unspecified atom stereocenters. The van der Waals surface area contributed by atoms with Gasteiger partial charge in [-0.1, -0.05) is 60.7 Å². The molecule has 1 aromatic heterocycles. The first-order valence-electron chi connectivity index (χ1n) is 6.63. The normalized spacial score (nSPS) is 10.8. The molecule has 3 rings (SSSR count). The summed E-state index contributed by atoms with van der Waals surface area (Å²) in [4.78, 5) is 13.0. The van der Waals surface area contributed by atoms with E-state index in [2.05, 4.69) is 15.9 Å². The van der Waals surface area contributed by atoms with Crippen LogP contribution in [0, 0.1) is 0 Å². The largest absolute Gasteiger partial charge is 0.293 e. The summed E-state index contributed by atoms with van der Waals surface area (Å²) in [5.74, 6) is -0.140. The van der Waals surface area contributed by atoms with Crippen LogP contribution in [0.15, 0.2) is 75.9 Å². The van der Waals surface area contributed by atoms with Crippen LogP contribution in [0.4, 0.5) is 0 Å². The van der Waals surface area contributed by atoms with Crippen LogP contribution >= 0.6 is 27.3 Å². The number of carbonyl (C=O) groups excluding carboxylic acids is 1. The first-order chi connectivity index (χ1) is 10.3. The lowest BCUT2D eigenvalue weighted by atomic mass is 9.85. The zero-order valence-corrected chi connectivity index (χ0v) is 13.6. The van der Waals surface area contributed by atoms with Crippen LogP contribution in [0.5, 0.6) is 0 Å². The van der Waals surface area contributed by atoms with Gasteiger partial charge in [-0.05, 0) is 27.1 Å². The fraction of sp³-hybridized carbons (Fsp3) is 0.0556. The van der Waals surface area contributed by atoms with Crippen molar-refractivity contribution in [1.29, 1.82) is 0 Å². The van der Waals surface area contributed by atoms with Gasteiger partial charge >= 0.3 is 0 Å². The molecule has 0 amide bonds. The molecular formula is C18H13BrOS. The van der Waals surface area contributed by atoms with Gasteiger partial charge in [0, 0.05) is 20.8 Å². The minimum absolute atomic E-state index is 0.125. The van der Waals surface area contributed by atoms with Crippen LogP contribution in [0.3, 0.4) is 0 Å². The summed E-state index contributed by atoms with van der Waals surface area (Å²) >= 11 is 5.00. The molecule has 0 bridgehead atoms. The minimum atomic E-state index is -0.265. The van der Waals surface area contributed by atoms with E-state index in [1.807, 2.05) is 71.4 Å². The third-order valence-corrected chi connectivity index (χ3v) is 5.11. The smallest absolute Gasteiger partial charge is 0.176 e. The highest BCUT2D eigenvalue weighted by Crippen LogP contribution is 2.32. The van der Waals surface area contributed by atoms with E-state index in [9.17, 15) is 4.79 Å². The molecule has 0 radical (unpaired) electrons. The number of Topliss-reactive ketones (excluding diaryl/α,β-unsaturated/α-hetero) is 1. The molecule has 3 heteroatoms. The molecule has 3 aromatic rings. The lowest BCUT2D eigenvalue weighted by molar-refractivity contribution is 0.0973. The van der Waals surface area contributed by atoms with Gasteiger partial charge in [0.2, 0.25) is 0 Å². The molecule has 0 N–H and O–H groups in total. The molecule has 0 aliphatic heterocycles. The molecule has 1 nitrogen and oxygen atoms in total. The van der Waals surface area contributed by atoms with E-state index < -0.39 is 0 Å². The maximum absolute atomic E-state index is 13.0. The highest BCUT2D eigenvalue weighted by molar-refractivity contribution is 9.10.